The molecule has 0 bridgehead atoms. The SMILES string of the molecule is Cc1c(-c2ccc(F)cc2[N+](=O)[O-])nn(C)c1N. The number of aromatic nitrogens is 2. The molecule has 1 aromatic heterocycles. The van der Waals surface area contributed by atoms with E-state index in [0.29, 0.717) is 17.1 Å². The third-order valence-electron chi connectivity index (χ3n) is 2.75. The molecule has 6 nitrogen and oxygen atoms in total. The van der Waals surface area contributed by atoms with Crippen LogP contribution in [0.2, 0.25) is 0 Å². The minimum absolute atomic E-state index is 0.256. The maximum atomic E-state index is 13.1. The second-order valence-corrected chi connectivity index (χ2v) is 3.90. The first-order chi connectivity index (χ1) is 8.41. The summed E-state index contributed by atoms with van der Waals surface area (Å²) in [4.78, 5) is 10.3. The van der Waals surface area contributed by atoms with E-state index >= 15 is 0 Å². The van der Waals surface area contributed by atoms with E-state index in [4.69, 9.17) is 5.73 Å². The predicted molar refractivity (Wildman–Crippen MR) is 64.4 cm³/mol. The van der Waals surface area contributed by atoms with E-state index in [9.17, 15) is 14.5 Å². The summed E-state index contributed by atoms with van der Waals surface area (Å²) in [6.45, 7) is 1.71. The molecule has 7 heteroatoms. The fraction of sp³-hybridized carbons (Fsp3) is 0.182. The molecule has 0 unspecified atom stereocenters. The summed E-state index contributed by atoms with van der Waals surface area (Å²) >= 11 is 0. The summed E-state index contributed by atoms with van der Waals surface area (Å²) < 4.78 is 14.5. The maximum absolute atomic E-state index is 13.1. The van der Waals surface area contributed by atoms with E-state index in [1.807, 2.05) is 0 Å². The molecule has 2 N–H and O–H groups in total. The van der Waals surface area contributed by atoms with Gasteiger partial charge in [0.05, 0.1) is 16.6 Å². The number of benzene rings is 1. The van der Waals surface area contributed by atoms with E-state index in [0.717, 1.165) is 12.1 Å². The first-order valence-corrected chi connectivity index (χ1v) is 5.15. The highest BCUT2D eigenvalue weighted by Crippen LogP contribution is 2.33. The van der Waals surface area contributed by atoms with Crippen LogP contribution in [0.4, 0.5) is 15.9 Å². The van der Waals surface area contributed by atoms with Crippen LogP contribution in [-0.4, -0.2) is 14.7 Å². The molecule has 0 aliphatic rings. The molecule has 0 spiro atoms. The number of hydrogen-bond acceptors (Lipinski definition) is 4. The average Bonchev–Trinajstić information content (AvgIpc) is 2.57. The maximum Gasteiger partial charge on any atom is 0.281 e. The number of nitrogen functional groups attached to an aromatic ring is 1. The van der Waals surface area contributed by atoms with E-state index in [-0.39, 0.29) is 11.3 Å². The molecular formula is C11H11FN4O2. The topological polar surface area (TPSA) is 87.0 Å². The normalized spacial score (nSPS) is 10.6. The van der Waals surface area contributed by atoms with Crippen LogP contribution in [0.25, 0.3) is 11.3 Å². The fourth-order valence-electron chi connectivity index (χ4n) is 1.75. The Morgan fingerprint density at radius 1 is 1.50 bits per heavy atom. The van der Waals surface area contributed by atoms with Gasteiger partial charge in [0.1, 0.15) is 17.3 Å². The van der Waals surface area contributed by atoms with Crippen molar-refractivity contribution in [1.82, 2.24) is 9.78 Å². The first kappa shape index (κ1) is 12.0. The van der Waals surface area contributed by atoms with Gasteiger partial charge in [0.15, 0.2) is 0 Å². The van der Waals surface area contributed by atoms with Gasteiger partial charge in [-0.15, -0.1) is 0 Å². The molecule has 1 heterocycles. The highest BCUT2D eigenvalue weighted by Gasteiger charge is 2.21. The van der Waals surface area contributed by atoms with Gasteiger partial charge in [-0.2, -0.15) is 5.10 Å². The number of rotatable bonds is 2. The number of nitro benzene ring substituents is 1. The summed E-state index contributed by atoms with van der Waals surface area (Å²) in [5.41, 5.74) is 6.71. The molecule has 0 radical (unpaired) electrons. The van der Waals surface area contributed by atoms with Crippen molar-refractivity contribution in [2.75, 3.05) is 5.73 Å². The van der Waals surface area contributed by atoms with Crippen LogP contribution in [0.15, 0.2) is 18.2 Å². The Hall–Kier alpha value is -2.44. The van der Waals surface area contributed by atoms with Crippen LogP contribution < -0.4 is 5.73 Å². The van der Waals surface area contributed by atoms with Crippen molar-refractivity contribution >= 4 is 11.5 Å². The summed E-state index contributed by atoms with van der Waals surface area (Å²) in [5.74, 6) is -0.240. The summed E-state index contributed by atoms with van der Waals surface area (Å²) in [7, 11) is 1.64. The van der Waals surface area contributed by atoms with Gasteiger partial charge >= 0.3 is 0 Å². The minimum Gasteiger partial charge on any atom is -0.384 e. The number of halogens is 1. The number of nitro groups is 1. The van der Waals surface area contributed by atoms with Crippen LogP contribution in [0, 0.1) is 22.9 Å². The van der Waals surface area contributed by atoms with Gasteiger partial charge in [0, 0.05) is 12.6 Å². The van der Waals surface area contributed by atoms with Crippen molar-refractivity contribution in [3.63, 3.8) is 0 Å². The van der Waals surface area contributed by atoms with E-state index < -0.39 is 10.7 Å². The van der Waals surface area contributed by atoms with Crippen molar-refractivity contribution in [3.8, 4) is 11.3 Å². The quantitative estimate of drug-likeness (QED) is 0.652. The van der Waals surface area contributed by atoms with Gasteiger partial charge in [-0.05, 0) is 19.1 Å². The Bertz CT molecular complexity index is 636. The Kier molecular flexibility index (Phi) is 2.74. The third kappa shape index (κ3) is 1.79. The molecule has 94 valence electrons. The van der Waals surface area contributed by atoms with Gasteiger partial charge in [-0.3, -0.25) is 14.8 Å². The van der Waals surface area contributed by atoms with Crippen LogP contribution in [-0.2, 0) is 7.05 Å². The Morgan fingerprint density at radius 2 is 2.17 bits per heavy atom. The molecule has 18 heavy (non-hydrogen) atoms. The molecule has 0 fully saturated rings. The summed E-state index contributed by atoms with van der Waals surface area (Å²) in [6.07, 6.45) is 0. The zero-order valence-corrected chi connectivity index (χ0v) is 9.85. The number of hydrogen-bond donors (Lipinski definition) is 1. The summed E-state index contributed by atoms with van der Waals surface area (Å²) in [6, 6.07) is 3.37. The molecule has 0 amide bonds. The second-order valence-electron chi connectivity index (χ2n) is 3.90. The molecule has 0 atom stereocenters. The lowest BCUT2D eigenvalue weighted by molar-refractivity contribution is -0.384. The smallest absolute Gasteiger partial charge is 0.281 e. The van der Waals surface area contributed by atoms with Gasteiger partial charge in [0.2, 0.25) is 0 Å². The predicted octanol–water partition coefficient (Wildman–Crippen LogP) is 2.03. The Labute approximate surface area is 102 Å². The van der Waals surface area contributed by atoms with E-state index in [2.05, 4.69) is 5.10 Å². The zero-order chi connectivity index (χ0) is 13.4. The van der Waals surface area contributed by atoms with Crippen LogP contribution >= 0.6 is 0 Å². The lowest BCUT2D eigenvalue weighted by Gasteiger charge is -2.01. The molecular weight excluding hydrogens is 239 g/mol. The number of aryl methyl sites for hydroxylation is 1. The first-order valence-electron chi connectivity index (χ1n) is 5.15. The van der Waals surface area contributed by atoms with Crippen LogP contribution in [0.3, 0.4) is 0 Å². The molecule has 2 rings (SSSR count). The largest absolute Gasteiger partial charge is 0.384 e. The van der Waals surface area contributed by atoms with Crippen molar-refractivity contribution < 1.29 is 9.31 Å². The fourth-order valence-corrected chi connectivity index (χ4v) is 1.75. The standard InChI is InChI=1S/C11H11FN4O2/c1-6-10(14-15(2)11(6)13)8-4-3-7(12)5-9(8)16(17)18/h3-5H,13H2,1-2H3. The van der Waals surface area contributed by atoms with Crippen LogP contribution in [0.1, 0.15) is 5.56 Å². The zero-order valence-electron chi connectivity index (χ0n) is 9.85. The highest BCUT2D eigenvalue weighted by atomic mass is 19.1. The van der Waals surface area contributed by atoms with Gasteiger partial charge in [0.25, 0.3) is 5.69 Å². The van der Waals surface area contributed by atoms with Gasteiger partial charge in [-0.1, -0.05) is 0 Å². The lowest BCUT2D eigenvalue weighted by atomic mass is 10.1. The highest BCUT2D eigenvalue weighted by molar-refractivity contribution is 5.75. The van der Waals surface area contributed by atoms with Crippen molar-refractivity contribution in [1.29, 1.82) is 0 Å². The van der Waals surface area contributed by atoms with Gasteiger partial charge < -0.3 is 5.73 Å². The number of anilines is 1. The number of nitrogens with zero attached hydrogens (tertiary/aromatic N) is 3. The van der Waals surface area contributed by atoms with Gasteiger partial charge in [-0.25, -0.2) is 4.39 Å². The molecule has 0 aliphatic carbocycles. The van der Waals surface area contributed by atoms with Crippen molar-refractivity contribution in [2.45, 2.75) is 6.92 Å². The Balaban J connectivity index is 2.71. The van der Waals surface area contributed by atoms with E-state index in [1.165, 1.54) is 10.7 Å². The number of nitrogens with two attached hydrogens (primary N) is 1. The molecule has 1 aromatic carbocycles. The molecule has 0 saturated carbocycles. The average molecular weight is 250 g/mol. The van der Waals surface area contributed by atoms with Crippen molar-refractivity contribution in [2.24, 2.45) is 7.05 Å². The third-order valence-corrected chi connectivity index (χ3v) is 2.75. The summed E-state index contributed by atoms with van der Waals surface area (Å²) in [5, 5.41) is 15.0. The van der Waals surface area contributed by atoms with E-state index in [1.54, 1.807) is 14.0 Å². The molecule has 2 aromatic rings. The Morgan fingerprint density at radius 3 is 2.67 bits per heavy atom. The van der Waals surface area contributed by atoms with Crippen LogP contribution in [0.5, 0.6) is 0 Å². The minimum atomic E-state index is -0.660. The monoisotopic (exact) mass is 250 g/mol. The molecule has 0 aliphatic heterocycles. The second kappa shape index (κ2) is 4.10. The molecule has 0 saturated heterocycles. The lowest BCUT2D eigenvalue weighted by Crippen LogP contribution is -1.97. The van der Waals surface area contributed by atoms with Crippen molar-refractivity contribution in [3.05, 3.63) is 39.7 Å².